The topological polar surface area (TPSA) is 105 Å². The number of carboxylic acids is 1. The minimum atomic E-state index is -0.778. The van der Waals surface area contributed by atoms with E-state index in [9.17, 15) is 14.4 Å². The van der Waals surface area contributed by atoms with Crippen molar-refractivity contribution in [2.24, 2.45) is 11.8 Å². The molecule has 3 aliphatic carbocycles. The van der Waals surface area contributed by atoms with E-state index < -0.39 is 12.1 Å². The quantitative estimate of drug-likeness (QED) is 0.548. The molecular weight excluding hydrogens is 444 g/mol. The number of carboxylic acid groups (broad SMARTS) is 1. The van der Waals surface area contributed by atoms with Crippen molar-refractivity contribution in [3.8, 4) is 11.1 Å². The number of hydrogen-bond donors (Lipinski definition) is 3. The number of carbonyl (C=O) groups is 3. The first-order valence-corrected chi connectivity index (χ1v) is 12.6. The van der Waals surface area contributed by atoms with Crippen LogP contribution in [0.2, 0.25) is 0 Å². The lowest BCUT2D eigenvalue weighted by molar-refractivity contribution is -0.141. The van der Waals surface area contributed by atoms with Gasteiger partial charge in [-0.3, -0.25) is 9.59 Å². The molecule has 0 heterocycles. The van der Waals surface area contributed by atoms with E-state index in [0.29, 0.717) is 19.3 Å². The molecule has 7 nitrogen and oxygen atoms in total. The summed E-state index contributed by atoms with van der Waals surface area (Å²) in [6.45, 7) is 0.289. The van der Waals surface area contributed by atoms with Crippen LogP contribution in [0, 0.1) is 11.8 Å². The van der Waals surface area contributed by atoms with Crippen molar-refractivity contribution in [1.29, 1.82) is 0 Å². The maximum absolute atomic E-state index is 12.6. The van der Waals surface area contributed by atoms with Crippen molar-refractivity contribution in [3.05, 3.63) is 59.7 Å². The Morgan fingerprint density at radius 2 is 1.46 bits per heavy atom. The number of ether oxygens (including phenoxy) is 1. The van der Waals surface area contributed by atoms with E-state index >= 15 is 0 Å². The molecule has 0 aromatic heterocycles. The second-order valence-corrected chi connectivity index (χ2v) is 10.2. The van der Waals surface area contributed by atoms with Gasteiger partial charge in [0, 0.05) is 24.4 Å². The van der Waals surface area contributed by atoms with Gasteiger partial charge in [0.2, 0.25) is 5.91 Å². The highest BCUT2D eigenvalue weighted by Crippen LogP contribution is 2.44. The zero-order valence-corrected chi connectivity index (χ0v) is 19.7. The van der Waals surface area contributed by atoms with E-state index in [2.05, 4.69) is 34.9 Å². The van der Waals surface area contributed by atoms with E-state index in [-0.39, 0.29) is 42.4 Å². The third kappa shape index (κ3) is 5.19. The normalized spacial score (nSPS) is 25.0. The average molecular weight is 477 g/mol. The minimum absolute atomic E-state index is 0.00585. The summed E-state index contributed by atoms with van der Waals surface area (Å²) in [7, 11) is 0. The predicted molar refractivity (Wildman–Crippen MR) is 131 cm³/mol. The number of carbonyl (C=O) groups excluding carboxylic acids is 2. The van der Waals surface area contributed by atoms with Crippen molar-refractivity contribution < 1.29 is 24.2 Å². The average Bonchev–Trinajstić information content (AvgIpc) is 3.56. The molecule has 0 spiro atoms. The second-order valence-electron chi connectivity index (χ2n) is 10.2. The maximum Gasteiger partial charge on any atom is 0.407 e. The molecule has 0 aliphatic heterocycles. The van der Waals surface area contributed by atoms with E-state index in [1.807, 2.05) is 24.3 Å². The van der Waals surface area contributed by atoms with Crippen molar-refractivity contribution in [3.63, 3.8) is 0 Å². The van der Waals surface area contributed by atoms with Gasteiger partial charge in [0.05, 0.1) is 5.92 Å². The van der Waals surface area contributed by atoms with Crippen LogP contribution in [-0.4, -0.2) is 41.8 Å². The van der Waals surface area contributed by atoms with E-state index in [0.717, 1.165) is 25.7 Å². The molecule has 2 fully saturated rings. The van der Waals surface area contributed by atoms with Gasteiger partial charge in [0.1, 0.15) is 6.61 Å². The van der Waals surface area contributed by atoms with Crippen molar-refractivity contribution >= 4 is 18.0 Å². The summed E-state index contributed by atoms with van der Waals surface area (Å²) in [6.07, 6.45) is 4.31. The van der Waals surface area contributed by atoms with Crippen LogP contribution in [-0.2, 0) is 14.3 Å². The summed E-state index contributed by atoms with van der Waals surface area (Å²) in [5.41, 5.74) is 4.77. The van der Waals surface area contributed by atoms with E-state index in [4.69, 9.17) is 9.84 Å². The zero-order valence-electron chi connectivity index (χ0n) is 19.7. The number of alkyl carbamates (subject to hydrolysis) is 1. The maximum atomic E-state index is 12.6. The Hall–Kier alpha value is -3.35. The third-order valence-electron chi connectivity index (χ3n) is 7.83. The van der Waals surface area contributed by atoms with E-state index in [1.54, 1.807) is 0 Å². The molecule has 3 aliphatic rings. The molecule has 0 saturated heterocycles. The SMILES string of the molecule is O=C(CC1CCC(NC(=O)OCC2c3ccccc3-c3ccccc32)C1)NC1CCC(C(=O)O)C1. The number of benzene rings is 2. The number of rotatable bonds is 7. The molecule has 2 aromatic rings. The summed E-state index contributed by atoms with van der Waals surface area (Å²) < 4.78 is 5.66. The van der Waals surface area contributed by atoms with Crippen LogP contribution in [0.3, 0.4) is 0 Å². The van der Waals surface area contributed by atoms with Crippen molar-refractivity contribution in [2.75, 3.05) is 6.61 Å². The van der Waals surface area contributed by atoms with Gasteiger partial charge in [0.25, 0.3) is 0 Å². The summed E-state index contributed by atoms with van der Waals surface area (Å²) in [5, 5.41) is 15.1. The monoisotopic (exact) mass is 476 g/mol. The molecule has 5 rings (SSSR count). The lowest BCUT2D eigenvalue weighted by atomic mass is 9.98. The molecule has 2 amide bonds. The fraction of sp³-hybridized carbons (Fsp3) is 0.464. The van der Waals surface area contributed by atoms with Gasteiger partial charge in [-0.2, -0.15) is 0 Å². The first-order chi connectivity index (χ1) is 17.0. The highest BCUT2D eigenvalue weighted by Gasteiger charge is 2.33. The first kappa shape index (κ1) is 23.4. The number of nitrogens with one attached hydrogen (secondary N) is 2. The summed E-state index contributed by atoms with van der Waals surface area (Å²) >= 11 is 0. The molecule has 2 saturated carbocycles. The number of hydrogen-bond acceptors (Lipinski definition) is 4. The van der Waals surface area contributed by atoms with Crippen LogP contribution in [0.5, 0.6) is 0 Å². The highest BCUT2D eigenvalue weighted by atomic mass is 16.5. The fourth-order valence-corrected chi connectivity index (χ4v) is 6.08. The lowest BCUT2D eigenvalue weighted by Gasteiger charge is -2.17. The van der Waals surface area contributed by atoms with Crippen LogP contribution < -0.4 is 10.6 Å². The molecule has 35 heavy (non-hydrogen) atoms. The van der Waals surface area contributed by atoms with Crippen LogP contribution in [0.15, 0.2) is 48.5 Å². The molecule has 184 valence electrons. The standard InChI is InChI=1S/C28H32N2O5/c31-26(29-20-12-10-18(15-20)27(32)33)14-17-9-11-19(13-17)30-28(34)35-16-25-23-7-3-1-5-21(23)22-6-2-4-8-24(22)25/h1-8,17-20,25H,9-16H2,(H,29,31)(H,30,34)(H,32,33). The van der Waals surface area contributed by atoms with Gasteiger partial charge in [-0.25, -0.2) is 4.79 Å². The van der Waals surface area contributed by atoms with Crippen molar-refractivity contribution in [2.45, 2.75) is 62.9 Å². The van der Waals surface area contributed by atoms with Crippen LogP contribution in [0.1, 0.15) is 62.0 Å². The Bertz CT molecular complexity index is 1070. The largest absolute Gasteiger partial charge is 0.481 e. The van der Waals surface area contributed by atoms with Gasteiger partial charge >= 0.3 is 12.1 Å². The van der Waals surface area contributed by atoms with E-state index in [1.165, 1.54) is 22.3 Å². The summed E-state index contributed by atoms with van der Waals surface area (Å²) in [5.74, 6) is -0.903. The Kier molecular flexibility index (Phi) is 6.75. The number of fused-ring (bicyclic) bond motifs is 3. The Morgan fingerprint density at radius 1 is 0.829 bits per heavy atom. The predicted octanol–water partition coefficient (Wildman–Crippen LogP) is 4.45. The molecule has 0 radical (unpaired) electrons. The summed E-state index contributed by atoms with van der Waals surface area (Å²) in [4.78, 5) is 36.1. The van der Waals surface area contributed by atoms with Crippen molar-refractivity contribution in [1.82, 2.24) is 10.6 Å². The van der Waals surface area contributed by atoms with Gasteiger partial charge in [0.15, 0.2) is 0 Å². The zero-order chi connectivity index (χ0) is 24.4. The molecule has 2 aromatic carbocycles. The number of amides is 2. The Balaban J connectivity index is 1.07. The number of aliphatic carboxylic acids is 1. The lowest BCUT2D eigenvalue weighted by Crippen LogP contribution is -2.35. The van der Waals surface area contributed by atoms with Gasteiger partial charge < -0.3 is 20.5 Å². The van der Waals surface area contributed by atoms with Crippen LogP contribution in [0.25, 0.3) is 11.1 Å². The molecule has 0 bridgehead atoms. The van der Waals surface area contributed by atoms with Gasteiger partial charge in [-0.15, -0.1) is 0 Å². The molecule has 7 heteroatoms. The summed E-state index contributed by atoms with van der Waals surface area (Å²) in [6, 6.07) is 16.5. The third-order valence-corrected chi connectivity index (χ3v) is 7.83. The Morgan fingerprint density at radius 3 is 2.11 bits per heavy atom. The molecular formula is C28H32N2O5. The fourth-order valence-electron chi connectivity index (χ4n) is 6.08. The first-order valence-electron chi connectivity index (χ1n) is 12.6. The van der Waals surface area contributed by atoms with Gasteiger partial charge in [-0.05, 0) is 66.7 Å². The van der Waals surface area contributed by atoms with Gasteiger partial charge in [-0.1, -0.05) is 48.5 Å². The smallest absolute Gasteiger partial charge is 0.407 e. The molecule has 4 atom stereocenters. The molecule has 4 unspecified atom stereocenters. The second kappa shape index (κ2) is 10.1. The molecule has 3 N–H and O–H groups in total. The highest BCUT2D eigenvalue weighted by molar-refractivity contribution is 5.79. The Labute approximate surface area is 205 Å². The van der Waals surface area contributed by atoms with Crippen LogP contribution in [0.4, 0.5) is 4.79 Å². The van der Waals surface area contributed by atoms with Crippen LogP contribution >= 0.6 is 0 Å². The minimum Gasteiger partial charge on any atom is -0.481 e.